The molecule has 13 atom stereocenters. The van der Waals surface area contributed by atoms with Crippen molar-refractivity contribution >= 4 is 40.5 Å². The summed E-state index contributed by atoms with van der Waals surface area (Å²) in [5, 5.41) is 1.06. The van der Waals surface area contributed by atoms with Gasteiger partial charge >= 0.3 is 18.0 Å². The van der Waals surface area contributed by atoms with Gasteiger partial charge in [-0.25, -0.2) is 9.59 Å². The lowest BCUT2D eigenvalue weighted by Crippen LogP contribution is -2.61. The monoisotopic (exact) mass is 914 g/mol. The highest BCUT2D eigenvalue weighted by atomic mass is 16.7. The Balaban J connectivity index is 1.33. The highest BCUT2D eigenvalue weighted by molar-refractivity contribution is 6.00. The van der Waals surface area contributed by atoms with E-state index in [2.05, 4.69) is 6.07 Å². The van der Waals surface area contributed by atoms with Crippen LogP contribution in [0.4, 0.5) is 4.79 Å². The molecule has 2 aromatic carbocycles. The van der Waals surface area contributed by atoms with E-state index in [0.29, 0.717) is 31.4 Å². The number of Topliss-reactive ketones (excluding diaryl/α,β-unsaturated/α-hetero) is 2. The van der Waals surface area contributed by atoms with E-state index in [0.717, 1.165) is 23.0 Å². The predicted octanol–water partition coefficient (Wildman–Crippen LogP) is 8.02. The van der Waals surface area contributed by atoms with Crippen molar-refractivity contribution in [1.29, 1.82) is 0 Å². The molecule has 3 saturated heterocycles. The van der Waals surface area contributed by atoms with Crippen LogP contribution in [-0.4, -0.2) is 126 Å². The molecular formula is C52H71N3O11. The van der Waals surface area contributed by atoms with E-state index >= 15 is 4.79 Å². The summed E-state index contributed by atoms with van der Waals surface area (Å²) >= 11 is 0. The number of rotatable bonds is 13. The number of aryl methyl sites for hydroxylation is 1. The molecule has 4 heterocycles. The van der Waals surface area contributed by atoms with Gasteiger partial charge in [-0.2, -0.15) is 0 Å². The number of likely N-dealkylation sites (N-methyl/N-ethyl adjacent to an activating group) is 1. The van der Waals surface area contributed by atoms with E-state index in [9.17, 15) is 19.2 Å². The number of carbonyl (C=O) groups is 5. The molecule has 0 saturated carbocycles. The molecule has 1 aromatic heterocycles. The van der Waals surface area contributed by atoms with Crippen LogP contribution in [-0.2, 0) is 49.2 Å². The molecule has 3 fully saturated rings. The number of cyclic esters (lactones) is 1. The second kappa shape index (κ2) is 21.5. The molecule has 14 heteroatoms. The molecule has 66 heavy (non-hydrogen) atoms. The minimum Gasteiger partial charge on any atom is -0.457 e. The Morgan fingerprint density at radius 1 is 0.894 bits per heavy atom. The van der Waals surface area contributed by atoms with Gasteiger partial charge in [0, 0.05) is 42.5 Å². The van der Waals surface area contributed by atoms with E-state index in [1.165, 1.54) is 14.0 Å². The van der Waals surface area contributed by atoms with Crippen LogP contribution in [0.15, 0.2) is 66.7 Å². The fourth-order valence-corrected chi connectivity index (χ4v) is 10.7. The third-order valence-electron chi connectivity index (χ3n) is 14.5. The minimum atomic E-state index is -1.38. The summed E-state index contributed by atoms with van der Waals surface area (Å²) in [7, 11) is 5.28. The first kappa shape index (κ1) is 50.6. The minimum absolute atomic E-state index is 0.0955. The van der Waals surface area contributed by atoms with Crippen LogP contribution in [0.1, 0.15) is 110 Å². The number of fused-ring (bicyclic) bond motifs is 2. The van der Waals surface area contributed by atoms with Crippen molar-refractivity contribution in [2.75, 3.05) is 27.7 Å². The molecule has 3 aliphatic heterocycles. The van der Waals surface area contributed by atoms with Crippen molar-refractivity contribution < 1.29 is 52.4 Å². The average molecular weight is 914 g/mol. The number of nitrogens with zero attached hydrogens (tertiary/aromatic N) is 3. The number of hydrogen-bond donors (Lipinski definition) is 0. The molecule has 1 unspecified atom stereocenters. The summed E-state index contributed by atoms with van der Waals surface area (Å²) in [5.74, 6) is -5.71. The lowest BCUT2D eigenvalue weighted by atomic mass is 9.72. The number of aromatic nitrogens is 1. The summed E-state index contributed by atoms with van der Waals surface area (Å²) in [6.45, 7) is 14.5. The standard InChI is InChI=1S/C52H71N3O11/c1-12-41-52(13-2)45(55(50(60)66-52)28-20-19-24-38-27-26-36-21-17-18-25-39(36)53-38)33(5)42(56)31(3)30-51(8,61-11)46(34(6)43(57)35(7)47(58)63-41)65-49-44(40(54(9)10)29-32(4)62-49)64-48(59)37-22-15-14-16-23-37/h14-18,21-23,25-27,31-35,40-41,44-46,49H,12-13,19-20,24,28-30H2,1-11H3/t31-,32-,33+,34+,35-,40+,41-,44-,45-,46-,49?,51+,52-/m1/s1. The van der Waals surface area contributed by atoms with Crippen LogP contribution in [0.3, 0.4) is 0 Å². The molecule has 3 aliphatic rings. The zero-order valence-electron chi connectivity index (χ0n) is 40.7. The molecule has 3 aromatic rings. The van der Waals surface area contributed by atoms with Gasteiger partial charge in [-0.05, 0) is 104 Å². The number of esters is 2. The third-order valence-corrected chi connectivity index (χ3v) is 14.5. The maximum absolute atomic E-state index is 15.1. The number of pyridine rings is 1. The van der Waals surface area contributed by atoms with Crippen LogP contribution in [0.2, 0.25) is 0 Å². The number of ketones is 2. The van der Waals surface area contributed by atoms with Crippen LogP contribution in [0.25, 0.3) is 10.9 Å². The third kappa shape index (κ3) is 10.5. The first-order valence-electron chi connectivity index (χ1n) is 23.8. The van der Waals surface area contributed by atoms with Gasteiger partial charge in [0.1, 0.15) is 17.8 Å². The average Bonchev–Trinajstić information content (AvgIpc) is 3.61. The smallest absolute Gasteiger partial charge is 0.410 e. The quantitative estimate of drug-likeness (QED) is 0.0703. The molecule has 0 N–H and O–H groups in total. The molecular weight excluding hydrogens is 843 g/mol. The molecule has 0 aliphatic carbocycles. The molecule has 0 spiro atoms. The number of hydrogen-bond acceptors (Lipinski definition) is 13. The number of carbonyl (C=O) groups excluding carboxylic acids is 5. The summed E-state index contributed by atoms with van der Waals surface area (Å²) in [6, 6.07) is 19.6. The van der Waals surface area contributed by atoms with E-state index < -0.39 is 89.3 Å². The fraction of sp³-hybridized carbons (Fsp3) is 0.615. The molecule has 0 bridgehead atoms. The molecule has 360 valence electrons. The number of para-hydroxylation sites is 1. The maximum Gasteiger partial charge on any atom is 0.410 e. The second-order valence-electron chi connectivity index (χ2n) is 19.2. The Hall–Kier alpha value is -4.76. The largest absolute Gasteiger partial charge is 0.457 e. The normalized spacial score (nSPS) is 33.6. The van der Waals surface area contributed by atoms with Crippen molar-refractivity contribution in [3.8, 4) is 0 Å². The zero-order valence-corrected chi connectivity index (χ0v) is 40.7. The van der Waals surface area contributed by atoms with Gasteiger partial charge in [0.05, 0.1) is 41.0 Å². The van der Waals surface area contributed by atoms with Gasteiger partial charge in [-0.15, -0.1) is 0 Å². The molecule has 14 nitrogen and oxygen atoms in total. The lowest BCUT2D eigenvalue weighted by Gasteiger charge is -2.48. The Kier molecular flexibility index (Phi) is 16.5. The van der Waals surface area contributed by atoms with Gasteiger partial charge in [0.25, 0.3) is 0 Å². The highest BCUT2D eigenvalue weighted by Gasteiger charge is 2.62. The van der Waals surface area contributed by atoms with E-state index in [1.54, 1.807) is 43.0 Å². The summed E-state index contributed by atoms with van der Waals surface area (Å²) < 4.78 is 38.6. The van der Waals surface area contributed by atoms with Crippen LogP contribution in [0.5, 0.6) is 0 Å². The Morgan fingerprint density at radius 3 is 2.26 bits per heavy atom. The number of benzene rings is 2. The number of amides is 1. The summed E-state index contributed by atoms with van der Waals surface area (Å²) in [6.07, 6.45) is -1.94. The first-order chi connectivity index (χ1) is 31.4. The highest BCUT2D eigenvalue weighted by Crippen LogP contribution is 2.45. The van der Waals surface area contributed by atoms with Gasteiger partial charge in [0.15, 0.2) is 23.8 Å². The van der Waals surface area contributed by atoms with Crippen LogP contribution < -0.4 is 0 Å². The SMILES string of the molecule is CC[C@H]1OC(=O)[C@H](C)C(=O)[C@H](C)[C@@H](OC2O[C@H](C)C[C@H](N(C)C)[C@H]2OC(=O)c2ccccc2)[C@@](C)(OC)C[C@@H](C)C(=O)[C@H](C)[C@H]2N(CCCCc3ccc4ccccc4n3)C(=O)O[C@]12CC. The summed E-state index contributed by atoms with van der Waals surface area (Å²) in [4.78, 5) is 80.3. The number of methoxy groups -OCH3 is 1. The Morgan fingerprint density at radius 2 is 1.59 bits per heavy atom. The van der Waals surface area contributed by atoms with Gasteiger partial charge in [0.2, 0.25) is 0 Å². The van der Waals surface area contributed by atoms with Gasteiger partial charge in [-0.1, -0.05) is 77.1 Å². The lowest BCUT2D eigenvalue weighted by molar-refractivity contribution is -0.294. The van der Waals surface area contributed by atoms with E-state index in [4.69, 9.17) is 33.4 Å². The van der Waals surface area contributed by atoms with Crippen molar-refractivity contribution in [2.45, 2.75) is 154 Å². The predicted molar refractivity (Wildman–Crippen MR) is 248 cm³/mol. The maximum atomic E-state index is 15.1. The fourth-order valence-electron chi connectivity index (χ4n) is 10.7. The van der Waals surface area contributed by atoms with Crippen LogP contribution >= 0.6 is 0 Å². The van der Waals surface area contributed by atoms with Crippen LogP contribution in [0, 0.1) is 23.7 Å². The number of unbranched alkanes of at least 4 members (excludes halogenated alkanes) is 1. The first-order valence-corrected chi connectivity index (χ1v) is 23.8. The Bertz CT molecular complexity index is 2190. The van der Waals surface area contributed by atoms with Crippen molar-refractivity contribution in [2.24, 2.45) is 23.7 Å². The zero-order chi connectivity index (χ0) is 48.1. The second-order valence-corrected chi connectivity index (χ2v) is 19.2. The Labute approximate surface area is 390 Å². The molecule has 0 radical (unpaired) electrons. The molecule has 1 amide bonds. The van der Waals surface area contributed by atoms with Gasteiger partial charge in [-0.3, -0.25) is 19.4 Å². The van der Waals surface area contributed by atoms with Crippen molar-refractivity contribution in [1.82, 2.24) is 14.8 Å². The number of ether oxygens (including phenoxy) is 6. The molecule has 6 rings (SSSR count). The van der Waals surface area contributed by atoms with Crippen molar-refractivity contribution in [3.05, 3.63) is 78.0 Å². The topological polar surface area (TPSA) is 160 Å². The van der Waals surface area contributed by atoms with Crippen molar-refractivity contribution in [3.63, 3.8) is 0 Å². The summed E-state index contributed by atoms with van der Waals surface area (Å²) in [5.41, 5.74) is -0.497. The van der Waals surface area contributed by atoms with E-state index in [-0.39, 0.29) is 37.2 Å². The van der Waals surface area contributed by atoms with E-state index in [1.807, 2.05) is 90.0 Å². The van der Waals surface area contributed by atoms with Gasteiger partial charge < -0.3 is 38.2 Å².